The lowest BCUT2D eigenvalue weighted by Crippen LogP contribution is -2.27. The van der Waals surface area contributed by atoms with E-state index in [0.29, 0.717) is 16.6 Å². The van der Waals surface area contributed by atoms with E-state index in [0.717, 1.165) is 34.6 Å². The van der Waals surface area contributed by atoms with Crippen molar-refractivity contribution in [2.75, 3.05) is 4.90 Å². The van der Waals surface area contributed by atoms with Crippen molar-refractivity contribution >= 4 is 45.6 Å². The second kappa shape index (κ2) is 7.08. The standard InChI is InChI=1S/C22H20N2O2S/c1-3-15(2)23-14-16(18-11-7-8-12-19(18)23)13-20-21(25)24(22(26)27-20)17-9-5-4-6-10-17/h4-15H,3H2,1-2H3/b20-13+/t15-/m0/s1. The van der Waals surface area contributed by atoms with Gasteiger partial charge in [0.25, 0.3) is 11.1 Å². The van der Waals surface area contributed by atoms with Crippen molar-refractivity contribution in [1.82, 2.24) is 4.57 Å². The maximum atomic E-state index is 12.9. The molecule has 5 heteroatoms. The van der Waals surface area contributed by atoms with Crippen LogP contribution >= 0.6 is 11.8 Å². The monoisotopic (exact) mass is 376 g/mol. The molecule has 0 aliphatic carbocycles. The molecule has 2 heterocycles. The summed E-state index contributed by atoms with van der Waals surface area (Å²) >= 11 is 0.993. The molecule has 136 valence electrons. The lowest BCUT2D eigenvalue weighted by Gasteiger charge is -2.12. The molecular weight excluding hydrogens is 356 g/mol. The molecule has 1 fully saturated rings. The highest BCUT2D eigenvalue weighted by atomic mass is 32.2. The predicted molar refractivity (Wildman–Crippen MR) is 112 cm³/mol. The number of para-hydroxylation sites is 2. The van der Waals surface area contributed by atoms with Crippen LogP contribution in [0.15, 0.2) is 65.7 Å². The number of imide groups is 1. The number of rotatable bonds is 4. The smallest absolute Gasteiger partial charge is 0.298 e. The SMILES string of the molecule is CC[C@H](C)n1cc(/C=C2/SC(=O)N(c3ccccc3)C2=O)c2ccccc21. The van der Waals surface area contributed by atoms with E-state index in [2.05, 4.69) is 36.7 Å². The van der Waals surface area contributed by atoms with Gasteiger partial charge in [-0.15, -0.1) is 0 Å². The van der Waals surface area contributed by atoms with Gasteiger partial charge in [0.2, 0.25) is 0 Å². The molecule has 2 amide bonds. The van der Waals surface area contributed by atoms with E-state index in [4.69, 9.17) is 0 Å². The zero-order valence-corrected chi connectivity index (χ0v) is 16.1. The molecule has 4 nitrogen and oxygen atoms in total. The first-order valence-corrected chi connectivity index (χ1v) is 9.84. The van der Waals surface area contributed by atoms with Gasteiger partial charge in [0, 0.05) is 28.7 Å². The van der Waals surface area contributed by atoms with Crippen LogP contribution in [-0.4, -0.2) is 15.7 Å². The molecule has 0 radical (unpaired) electrons. The summed E-state index contributed by atoms with van der Waals surface area (Å²) in [6.07, 6.45) is 4.94. The number of aromatic nitrogens is 1. The first-order valence-electron chi connectivity index (χ1n) is 9.02. The number of nitrogens with zero attached hydrogens (tertiary/aromatic N) is 2. The fourth-order valence-electron chi connectivity index (χ4n) is 3.32. The summed E-state index contributed by atoms with van der Waals surface area (Å²) in [6.45, 7) is 4.34. The second-order valence-corrected chi connectivity index (χ2v) is 7.61. The quantitative estimate of drug-likeness (QED) is 0.536. The van der Waals surface area contributed by atoms with Crippen LogP contribution in [0.5, 0.6) is 0 Å². The van der Waals surface area contributed by atoms with Crippen molar-refractivity contribution in [2.24, 2.45) is 0 Å². The first kappa shape index (κ1) is 17.6. The molecule has 0 saturated carbocycles. The Kier molecular flexibility index (Phi) is 4.62. The fraction of sp³-hybridized carbons (Fsp3) is 0.182. The number of hydrogen-bond donors (Lipinski definition) is 0. The summed E-state index contributed by atoms with van der Waals surface area (Å²) in [5, 5.41) is 0.826. The number of anilines is 1. The Labute approximate surface area is 162 Å². The van der Waals surface area contributed by atoms with Gasteiger partial charge in [-0.05, 0) is 49.4 Å². The van der Waals surface area contributed by atoms with E-state index in [-0.39, 0.29) is 11.1 Å². The number of carbonyl (C=O) groups excluding carboxylic acids is 2. The molecule has 3 aromatic rings. The summed E-state index contributed by atoms with van der Waals surface area (Å²) < 4.78 is 2.24. The molecule has 1 saturated heterocycles. The largest absolute Gasteiger partial charge is 0.344 e. The summed E-state index contributed by atoms with van der Waals surface area (Å²) in [4.78, 5) is 27.0. The number of amides is 2. The van der Waals surface area contributed by atoms with E-state index in [1.165, 1.54) is 4.90 Å². The average molecular weight is 376 g/mol. The van der Waals surface area contributed by atoms with Crippen LogP contribution in [0.2, 0.25) is 0 Å². The lowest BCUT2D eigenvalue weighted by atomic mass is 10.1. The molecule has 2 aromatic carbocycles. The highest BCUT2D eigenvalue weighted by Crippen LogP contribution is 2.37. The minimum absolute atomic E-state index is 0.261. The fourth-order valence-corrected chi connectivity index (χ4v) is 4.15. The summed E-state index contributed by atoms with van der Waals surface area (Å²) in [7, 11) is 0. The predicted octanol–water partition coefficient (Wildman–Crippen LogP) is 5.85. The highest BCUT2D eigenvalue weighted by molar-refractivity contribution is 8.19. The maximum Gasteiger partial charge on any atom is 0.298 e. The maximum absolute atomic E-state index is 12.9. The van der Waals surface area contributed by atoms with Crippen LogP contribution in [0, 0.1) is 0 Å². The molecule has 1 aliphatic rings. The van der Waals surface area contributed by atoms with Gasteiger partial charge in [-0.25, -0.2) is 4.90 Å². The van der Waals surface area contributed by atoms with Crippen molar-refractivity contribution in [3.63, 3.8) is 0 Å². The van der Waals surface area contributed by atoms with Crippen molar-refractivity contribution < 1.29 is 9.59 Å². The molecule has 1 atom stereocenters. The van der Waals surface area contributed by atoms with Crippen molar-refractivity contribution in [1.29, 1.82) is 0 Å². The topological polar surface area (TPSA) is 42.3 Å². The molecule has 0 bridgehead atoms. The average Bonchev–Trinajstić information content (AvgIpc) is 3.19. The Morgan fingerprint density at radius 3 is 2.48 bits per heavy atom. The van der Waals surface area contributed by atoms with Crippen LogP contribution in [0.25, 0.3) is 17.0 Å². The summed E-state index contributed by atoms with van der Waals surface area (Å²) in [6, 6.07) is 17.6. The zero-order valence-electron chi connectivity index (χ0n) is 15.3. The van der Waals surface area contributed by atoms with Crippen LogP contribution < -0.4 is 4.90 Å². The number of hydrogen-bond acceptors (Lipinski definition) is 3. The van der Waals surface area contributed by atoms with E-state index >= 15 is 0 Å². The van der Waals surface area contributed by atoms with Crippen LogP contribution in [-0.2, 0) is 4.79 Å². The number of benzene rings is 2. The lowest BCUT2D eigenvalue weighted by molar-refractivity contribution is -0.113. The minimum atomic E-state index is -0.267. The summed E-state index contributed by atoms with van der Waals surface area (Å²) in [5.41, 5.74) is 2.70. The first-order chi connectivity index (χ1) is 13.1. The number of carbonyl (C=O) groups is 2. The van der Waals surface area contributed by atoms with Gasteiger partial charge in [0.15, 0.2) is 0 Å². The molecular formula is C22H20N2O2S. The van der Waals surface area contributed by atoms with Gasteiger partial charge in [0.1, 0.15) is 0 Å². The zero-order chi connectivity index (χ0) is 19.0. The molecule has 0 unspecified atom stereocenters. The Morgan fingerprint density at radius 1 is 1.04 bits per heavy atom. The van der Waals surface area contributed by atoms with E-state index < -0.39 is 0 Å². The third kappa shape index (κ3) is 3.08. The third-order valence-corrected chi connectivity index (χ3v) is 5.80. The number of fused-ring (bicyclic) bond motifs is 1. The molecule has 4 rings (SSSR count). The van der Waals surface area contributed by atoms with Crippen LogP contribution in [0.1, 0.15) is 31.9 Å². The van der Waals surface area contributed by atoms with E-state index in [1.54, 1.807) is 12.1 Å². The Bertz CT molecular complexity index is 1050. The normalized spacial score (nSPS) is 17.3. The van der Waals surface area contributed by atoms with Crippen LogP contribution in [0.3, 0.4) is 0 Å². The van der Waals surface area contributed by atoms with Gasteiger partial charge in [-0.3, -0.25) is 9.59 Å². The van der Waals surface area contributed by atoms with Gasteiger partial charge >= 0.3 is 0 Å². The highest BCUT2D eigenvalue weighted by Gasteiger charge is 2.36. The van der Waals surface area contributed by atoms with E-state index in [1.807, 2.05) is 36.4 Å². The molecule has 1 aliphatic heterocycles. The summed E-state index contributed by atoms with van der Waals surface area (Å²) in [5.74, 6) is -0.267. The van der Waals surface area contributed by atoms with Gasteiger partial charge < -0.3 is 4.57 Å². The Hall–Kier alpha value is -2.79. The number of thioether (sulfide) groups is 1. The van der Waals surface area contributed by atoms with Crippen molar-refractivity contribution in [2.45, 2.75) is 26.3 Å². The molecule has 1 aromatic heterocycles. The Morgan fingerprint density at radius 2 is 1.74 bits per heavy atom. The van der Waals surface area contributed by atoms with Gasteiger partial charge in [-0.2, -0.15) is 0 Å². The molecule has 0 N–H and O–H groups in total. The second-order valence-electron chi connectivity index (χ2n) is 6.62. The Balaban J connectivity index is 1.77. The van der Waals surface area contributed by atoms with Gasteiger partial charge in [0.05, 0.1) is 10.6 Å². The van der Waals surface area contributed by atoms with Crippen molar-refractivity contribution in [3.05, 3.63) is 71.3 Å². The minimum Gasteiger partial charge on any atom is -0.344 e. The van der Waals surface area contributed by atoms with Crippen molar-refractivity contribution in [3.8, 4) is 0 Å². The van der Waals surface area contributed by atoms with Gasteiger partial charge in [-0.1, -0.05) is 43.3 Å². The third-order valence-electron chi connectivity index (χ3n) is 4.93. The van der Waals surface area contributed by atoms with E-state index in [9.17, 15) is 9.59 Å². The molecule has 27 heavy (non-hydrogen) atoms. The van der Waals surface area contributed by atoms with Crippen LogP contribution in [0.4, 0.5) is 10.5 Å². The molecule has 0 spiro atoms.